The molecular weight excluding hydrogens is 236 g/mol. The molecule has 3 nitrogen and oxygen atoms in total. The van der Waals surface area contributed by atoms with Crippen LogP contribution in [0.2, 0.25) is 0 Å². The van der Waals surface area contributed by atoms with Crippen molar-refractivity contribution >= 4 is 0 Å². The van der Waals surface area contributed by atoms with E-state index in [1.807, 2.05) is 13.8 Å². The summed E-state index contributed by atoms with van der Waals surface area (Å²) in [5, 5.41) is 8.56. The van der Waals surface area contributed by atoms with E-state index in [9.17, 15) is 0 Å². The van der Waals surface area contributed by atoms with E-state index in [4.69, 9.17) is 10.00 Å². The molecule has 0 saturated carbocycles. The Balaban J connectivity index is 2.52. The first-order valence-corrected chi connectivity index (χ1v) is 7.09. The number of likely N-dealkylation sites (tertiary alicyclic amines) is 1. The summed E-state index contributed by atoms with van der Waals surface area (Å²) >= 11 is 0. The zero-order valence-corrected chi connectivity index (χ0v) is 12.2. The predicted octanol–water partition coefficient (Wildman–Crippen LogP) is 1.32. The Hall–Kier alpha value is -1.29. The molecular formula is C16H25N2O+. The van der Waals surface area contributed by atoms with Crippen molar-refractivity contribution in [3.05, 3.63) is 12.2 Å². The Morgan fingerprint density at radius 2 is 2.05 bits per heavy atom. The van der Waals surface area contributed by atoms with Crippen LogP contribution >= 0.6 is 0 Å². The Morgan fingerprint density at radius 1 is 1.37 bits per heavy atom. The van der Waals surface area contributed by atoms with E-state index in [0.29, 0.717) is 13.0 Å². The quantitative estimate of drug-likeness (QED) is 0.460. The number of ether oxygens (including phenoxy) is 1. The fourth-order valence-corrected chi connectivity index (χ4v) is 2.13. The molecule has 19 heavy (non-hydrogen) atoms. The number of nitrogens with zero attached hydrogens (tertiary/aromatic N) is 1. The monoisotopic (exact) mass is 261 g/mol. The molecule has 1 atom stereocenters. The summed E-state index contributed by atoms with van der Waals surface area (Å²) in [6.07, 6.45) is 4.38. The number of quaternary nitrogens is 1. The van der Waals surface area contributed by atoms with E-state index in [1.165, 1.54) is 32.4 Å². The van der Waals surface area contributed by atoms with Gasteiger partial charge in [-0.3, -0.25) is 0 Å². The van der Waals surface area contributed by atoms with E-state index in [2.05, 4.69) is 24.5 Å². The Kier molecular flexibility index (Phi) is 6.64. The second-order valence-corrected chi connectivity index (χ2v) is 5.36. The highest BCUT2D eigenvalue weighted by molar-refractivity contribution is 5.27. The SMILES string of the molecule is C=C(C)[C@](C)(C#CC[NH+]1CCCCC1)OCCC#N. The summed E-state index contributed by atoms with van der Waals surface area (Å²) in [6, 6.07) is 2.08. The van der Waals surface area contributed by atoms with Gasteiger partial charge in [0, 0.05) is 0 Å². The van der Waals surface area contributed by atoms with Crippen LogP contribution in [-0.2, 0) is 4.74 Å². The van der Waals surface area contributed by atoms with Crippen LogP contribution in [0, 0.1) is 23.2 Å². The van der Waals surface area contributed by atoms with E-state index >= 15 is 0 Å². The molecule has 3 heteroatoms. The molecule has 1 heterocycles. The maximum atomic E-state index is 8.56. The van der Waals surface area contributed by atoms with Crippen molar-refractivity contribution in [2.75, 3.05) is 26.2 Å². The largest absolute Gasteiger partial charge is 0.358 e. The minimum absolute atomic E-state index is 0.391. The standard InChI is InChI=1S/C16H24N2O/c1-15(2)16(3,19-14-8-10-17)9-7-13-18-11-5-4-6-12-18/h1,4-6,8,11-14H2,2-3H3/p+1/t16-/m0/s1. The maximum absolute atomic E-state index is 8.56. The van der Waals surface area contributed by atoms with E-state index in [1.54, 1.807) is 4.90 Å². The lowest BCUT2D eigenvalue weighted by molar-refractivity contribution is -0.897. The number of rotatable bonds is 5. The van der Waals surface area contributed by atoms with Gasteiger partial charge in [0.25, 0.3) is 0 Å². The van der Waals surface area contributed by atoms with Gasteiger partial charge < -0.3 is 9.64 Å². The average Bonchev–Trinajstić information content (AvgIpc) is 2.40. The molecule has 0 bridgehead atoms. The second-order valence-electron chi connectivity index (χ2n) is 5.36. The van der Waals surface area contributed by atoms with Crippen molar-refractivity contribution in [2.45, 2.75) is 45.1 Å². The van der Waals surface area contributed by atoms with Crippen LogP contribution in [0.25, 0.3) is 0 Å². The molecule has 0 aromatic rings. The van der Waals surface area contributed by atoms with Crippen molar-refractivity contribution in [3.63, 3.8) is 0 Å². The summed E-state index contributed by atoms with van der Waals surface area (Å²) in [5.41, 5.74) is 0.276. The fourth-order valence-electron chi connectivity index (χ4n) is 2.13. The minimum Gasteiger partial charge on any atom is -0.358 e. The van der Waals surface area contributed by atoms with Crippen LogP contribution in [0.15, 0.2) is 12.2 Å². The van der Waals surface area contributed by atoms with Crippen LogP contribution in [0.1, 0.15) is 39.5 Å². The third kappa shape index (κ3) is 5.47. The molecule has 0 aliphatic carbocycles. The van der Waals surface area contributed by atoms with E-state index < -0.39 is 5.60 Å². The smallest absolute Gasteiger partial charge is 0.147 e. The molecule has 0 amide bonds. The Labute approximate surface area is 117 Å². The first-order valence-electron chi connectivity index (χ1n) is 7.09. The molecule has 1 rings (SSSR count). The van der Waals surface area contributed by atoms with Gasteiger partial charge in [0.1, 0.15) is 12.1 Å². The lowest BCUT2D eigenvalue weighted by Gasteiger charge is -2.25. The highest BCUT2D eigenvalue weighted by Crippen LogP contribution is 2.18. The van der Waals surface area contributed by atoms with Crippen LogP contribution in [-0.4, -0.2) is 31.8 Å². The lowest BCUT2D eigenvalue weighted by atomic mass is 9.99. The highest BCUT2D eigenvalue weighted by atomic mass is 16.5. The summed E-state index contributed by atoms with van der Waals surface area (Å²) < 4.78 is 5.72. The third-order valence-electron chi connectivity index (χ3n) is 3.64. The van der Waals surface area contributed by atoms with Gasteiger partial charge in [-0.05, 0) is 44.6 Å². The summed E-state index contributed by atoms with van der Waals surface area (Å²) in [5.74, 6) is 6.45. The molecule has 1 N–H and O–H groups in total. The molecule has 0 aromatic carbocycles. The molecule has 0 unspecified atom stereocenters. The van der Waals surface area contributed by atoms with Crippen molar-refractivity contribution in [1.82, 2.24) is 0 Å². The summed E-state index contributed by atoms with van der Waals surface area (Å²) in [4.78, 5) is 1.57. The van der Waals surface area contributed by atoms with Crippen molar-refractivity contribution in [3.8, 4) is 17.9 Å². The minimum atomic E-state index is -0.619. The molecule has 1 saturated heterocycles. The molecule has 104 valence electrons. The van der Waals surface area contributed by atoms with Crippen LogP contribution in [0.4, 0.5) is 0 Å². The van der Waals surface area contributed by atoms with Gasteiger partial charge in [-0.2, -0.15) is 5.26 Å². The second kappa shape index (κ2) is 8.00. The van der Waals surface area contributed by atoms with Crippen LogP contribution in [0.5, 0.6) is 0 Å². The molecule has 0 aromatic heterocycles. The summed E-state index contributed by atoms with van der Waals surface area (Å²) in [6.45, 7) is 11.6. The molecule has 1 aliphatic rings. The van der Waals surface area contributed by atoms with Crippen molar-refractivity contribution < 1.29 is 9.64 Å². The molecule has 0 spiro atoms. The average molecular weight is 261 g/mol. The number of piperidine rings is 1. The first kappa shape index (κ1) is 15.8. The third-order valence-corrected chi connectivity index (χ3v) is 3.64. The Bertz CT molecular complexity index is 393. The van der Waals surface area contributed by atoms with Gasteiger partial charge in [0.2, 0.25) is 0 Å². The van der Waals surface area contributed by atoms with Gasteiger partial charge in [0.05, 0.1) is 32.2 Å². The lowest BCUT2D eigenvalue weighted by Crippen LogP contribution is -3.12. The summed E-state index contributed by atoms with van der Waals surface area (Å²) in [7, 11) is 0. The maximum Gasteiger partial charge on any atom is 0.147 e. The topological polar surface area (TPSA) is 37.5 Å². The van der Waals surface area contributed by atoms with Gasteiger partial charge in [0.15, 0.2) is 0 Å². The zero-order chi connectivity index (χ0) is 14.1. The van der Waals surface area contributed by atoms with Gasteiger partial charge in [-0.1, -0.05) is 12.5 Å². The molecule has 1 fully saturated rings. The molecule has 1 aliphatic heterocycles. The van der Waals surface area contributed by atoms with E-state index in [-0.39, 0.29) is 0 Å². The number of hydrogen-bond acceptors (Lipinski definition) is 2. The number of hydrogen-bond donors (Lipinski definition) is 1. The first-order chi connectivity index (χ1) is 9.08. The van der Waals surface area contributed by atoms with Crippen molar-refractivity contribution in [1.29, 1.82) is 5.26 Å². The number of nitrogens with one attached hydrogen (secondary N) is 1. The fraction of sp³-hybridized carbons (Fsp3) is 0.688. The van der Waals surface area contributed by atoms with Crippen LogP contribution in [0.3, 0.4) is 0 Å². The predicted molar refractivity (Wildman–Crippen MR) is 76.6 cm³/mol. The highest BCUT2D eigenvalue weighted by Gasteiger charge is 2.23. The zero-order valence-electron chi connectivity index (χ0n) is 12.2. The Morgan fingerprint density at radius 3 is 2.63 bits per heavy atom. The van der Waals surface area contributed by atoms with Gasteiger partial charge >= 0.3 is 0 Å². The van der Waals surface area contributed by atoms with E-state index in [0.717, 1.165) is 12.1 Å². The van der Waals surface area contributed by atoms with Crippen LogP contribution < -0.4 is 4.90 Å². The van der Waals surface area contributed by atoms with Crippen molar-refractivity contribution in [2.24, 2.45) is 0 Å². The molecule has 0 radical (unpaired) electrons. The normalized spacial score (nSPS) is 18.8. The number of nitriles is 1. The van der Waals surface area contributed by atoms with Gasteiger partial charge in [-0.25, -0.2) is 0 Å². The van der Waals surface area contributed by atoms with Gasteiger partial charge in [-0.15, -0.1) is 0 Å².